The Labute approximate surface area is 119 Å². The minimum Gasteiger partial charge on any atom is -0.431 e. The fraction of sp³-hybridized carbons (Fsp3) is 0.533. The monoisotopic (exact) mass is 278 g/mol. The van der Waals surface area contributed by atoms with Crippen molar-refractivity contribution in [2.75, 3.05) is 12.3 Å². The van der Waals surface area contributed by atoms with Gasteiger partial charge >= 0.3 is 0 Å². The van der Waals surface area contributed by atoms with E-state index in [1.54, 1.807) is 11.8 Å². The normalized spacial score (nSPS) is 14.7. The second-order valence-electron chi connectivity index (χ2n) is 4.81. The summed E-state index contributed by atoms with van der Waals surface area (Å²) in [7, 11) is 0. The van der Waals surface area contributed by atoms with Gasteiger partial charge in [0.25, 0.3) is 5.22 Å². The number of fused-ring (bicyclic) bond motifs is 1. The summed E-state index contributed by atoms with van der Waals surface area (Å²) in [5.41, 5.74) is 1.81. The molecule has 0 saturated carbocycles. The zero-order chi connectivity index (χ0) is 13.7. The zero-order valence-electron chi connectivity index (χ0n) is 11.8. The van der Waals surface area contributed by atoms with Gasteiger partial charge in [-0.05, 0) is 24.6 Å². The third-order valence-electron chi connectivity index (χ3n) is 3.46. The largest absolute Gasteiger partial charge is 0.431 e. The number of benzene rings is 1. The first kappa shape index (κ1) is 14.4. The Hall–Kier alpha value is -1.00. The SMILES string of the molecule is CCNC(CSc1nc2ccccc2o1)C(C)CC. The van der Waals surface area contributed by atoms with Crippen LogP contribution in [0, 0.1) is 5.92 Å². The molecule has 0 bridgehead atoms. The highest BCUT2D eigenvalue weighted by atomic mass is 32.2. The Morgan fingerprint density at radius 2 is 2.11 bits per heavy atom. The Kier molecular flexibility index (Phi) is 5.28. The Morgan fingerprint density at radius 3 is 2.79 bits per heavy atom. The van der Waals surface area contributed by atoms with Gasteiger partial charge in [-0.15, -0.1) is 0 Å². The van der Waals surface area contributed by atoms with E-state index in [0.29, 0.717) is 12.0 Å². The number of hydrogen-bond acceptors (Lipinski definition) is 4. The quantitative estimate of drug-likeness (QED) is 0.778. The second-order valence-corrected chi connectivity index (χ2v) is 5.78. The molecule has 1 N–H and O–H groups in total. The van der Waals surface area contributed by atoms with Crippen molar-refractivity contribution in [1.82, 2.24) is 10.3 Å². The van der Waals surface area contributed by atoms with E-state index < -0.39 is 0 Å². The average molecular weight is 278 g/mol. The Morgan fingerprint density at radius 1 is 1.32 bits per heavy atom. The van der Waals surface area contributed by atoms with Gasteiger partial charge in [0.05, 0.1) is 0 Å². The number of nitrogens with one attached hydrogen (secondary N) is 1. The number of rotatable bonds is 7. The summed E-state index contributed by atoms with van der Waals surface area (Å²) in [6.07, 6.45) is 1.19. The van der Waals surface area contributed by atoms with Crippen molar-refractivity contribution in [3.8, 4) is 0 Å². The summed E-state index contributed by atoms with van der Waals surface area (Å²) in [5, 5.41) is 4.32. The van der Waals surface area contributed by atoms with E-state index in [4.69, 9.17) is 4.42 Å². The summed E-state index contributed by atoms with van der Waals surface area (Å²) in [6, 6.07) is 8.42. The first-order valence-electron chi connectivity index (χ1n) is 6.96. The Bertz CT molecular complexity index is 479. The van der Waals surface area contributed by atoms with E-state index in [1.165, 1.54) is 6.42 Å². The lowest BCUT2D eigenvalue weighted by Gasteiger charge is -2.22. The molecule has 0 spiro atoms. The van der Waals surface area contributed by atoms with Crippen LogP contribution in [0.15, 0.2) is 33.9 Å². The van der Waals surface area contributed by atoms with Crippen molar-refractivity contribution in [3.05, 3.63) is 24.3 Å². The van der Waals surface area contributed by atoms with Gasteiger partial charge in [0.2, 0.25) is 0 Å². The maximum Gasteiger partial charge on any atom is 0.256 e. The van der Waals surface area contributed by atoms with Gasteiger partial charge < -0.3 is 9.73 Å². The fourth-order valence-electron chi connectivity index (χ4n) is 2.04. The van der Waals surface area contributed by atoms with Gasteiger partial charge in [0, 0.05) is 11.8 Å². The summed E-state index contributed by atoms with van der Waals surface area (Å²) in [5.74, 6) is 1.66. The average Bonchev–Trinajstić information content (AvgIpc) is 2.85. The number of oxazole rings is 1. The molecule has 2 rings (SSSR count). The first-order valence-corrected chi connectivity index (χ1v) is 7.94. The van der Waals surface area contributed by atoms with Crippen molar-refractivity contribution >= 4 is 22.9 Å². The van der Waals surface area contributed by atoms with Crippen molar-refractivity contribution in [2.24, 2.45) is 5.92 Å². The van der Waals surface area contributed by atoms with E-state index in [-0.39, 0.29) is 0 Å². The number of nitrogens with zero attached hydrogens (tertiary/aromatic N) is 1. The highest BCUT2D eigenvalue weighted by molar-refractivity contribution is 7.99. The minimum absolute atomic E-state index is 0.509. The van der Waals surface area contributed by atoms with Crippen LogP contribution in [0.4, 0.5) is 0 Å². The molecule has 1 aromatic heterocycles. The summed E-state index contributed by atoms with van der Waals surface area (Å²) >= 11 is 1.70. The predicted octanol–water partition coefficient (Wildman–Crippen LogP) is 3.94. The smallest absolute Gasteiger partial charge is 0.256 e. The zero-order valence-corrected chi connectivity index (χ0v) is 12.7. The van der Waals surface area contributed by atoms with E-state index in [9.17, 15) is 0 Å². The van der Waals surface area contributed by atoms with Crippen LogP contribution in [0.5, 0.6) is 0 Å². The van der Waals surface area contributed by atoms with Crippen LogP contribution in [0.1, 0.15) is 27.2 Å². The highest BCUT2D eigenvalue weighted by Gasteiger charge is 2.16. The third-order valence-corrected chi connectivity index (χ3v) is 4.41. The molecule has 0 aliphatic heterocycles. The molecule has 0 amide bonds. The molecule has 0 aliphatic carbocycles. The third kappa shape index (κ3) is 3.74. The molecule has 104 valence electrons. The molecule has 2 aromatic rings. The van der Waals surface area contributed by atoms with Crippen molar-refractivity contribution in [1.29, 1.82) is 0 Å². The lowest BCUT2D eigenvalue weighted by molar-refractivity contribution is 0.402. The van der Waals surface area contributed by atoms with Crippen LogP contribution < -0.4 is 5.32 Å². The van der Waals surface area contributed by atoms with Gasteiger partial charge in [-0.25, -0.2) is 4.98 Å². The molecule has 0 radical (unpaired) electrons. The van der Waals surface area contributed by atoms with Gasteiger partial charge in [0.15, 0.2) is 5.58 Å². The maximum absolute atomic E-state index is 5.73. The molecule has 3 nitrogen and oxygen atoms in total. The van der Waals surface area contributed by atoms with Crippen molar-refractivity contribution in [2.45, 2.75) is 38.5 Å². The summed E-state index contributed by atoms with van der Waals surface area (Å²) < 4.78 is 5.73. The molecule has 0 saturated heterocycles. The molecular weight excluding hydrogens is 256 g/mol. The van der Waals surface area contributed by atoms with Crippen molar-refractivity contribution < 1.29 is 4.42 Å². The van der Waals surface area contributed by atoms with E-state index in [2.05, 4.69) is 31.1 Å². The van der Waals surface area contributed by atoms with Crippen LogP contribution in [0.25, 0.3) is 11.1 Å². The molecule has 0 aliphatic rings. The van der Waals surface area contributed by atoms with Crippen LogP contribution >= 0.6 is 11.8 Å². The fourth-order valence-corrected chi connectivity index (χ4v) is 3.13. The first-order chi connectivity index (χ1) is 9.24. The molecule has 19 heavy (non-hydrogen) atoms. The Balaban J connectivity index is 1.99. The van der Waals surface area contributed by atoms with Crippen LogP contribution in [-0.2, 0) is 0 Å². The van der Waals surface area contributed by atoms with Gasteiger partial charge in [-0.2, -0.15) is 0 Å². The minimum atomic E-state index is 0.509. The standard InChI is InChI=1S/C15H22N2OS/c1-4-11(3)13(16-5-2)10-19-15-17-12-8-6-7-9-14(12)18-15/h6-9,11,13,16H,4-5,10H2,1-3H3. The number of para-hydroxylation sites is 2. The predicted molar refractivity (Wildman–Crippen MR) is 81.7 cm³/mol. The molecule has 4 heteroatoms. The highest BCUT2D eigenvalue weighted by Crippen LogP contribution is 2.25. The lowest BCUT2D eigenvalue weighted by Crippen LogP contribution is -2.36. The van der Waals surface area contributed by atoms with Crippen LogP contribution in [0.3, 0.4) is 0 Å². The van der Waals surface area contributed by atoms with Gasteiger partial charge in [-0.1, -0.05) is 51.1 Å². The van der Waals surface area contributed by atoms with Gasteiger partial charge in [0.1, 0.15) is 5.52 Å². The number of thioether (sulfide) groups is 1. The molecule has 1 heterocycles. The van der Waals surface area contributed by atoms with Crippen LogP contribution in [-0.4, -0.2) is 23.3 Å². The molecule has 1 aromatic carbocycles. The van der Waals surface area contributed by atoms with E-state index in [1.807, 2.05) is 24.3 Å². The summed E-state index contributed by atoms with van der Waals surface area (Å²) in [6.45, 7) is 7.68. The van der Waals surface area contributed by atoms with Crippen LogP contribution in [0.2, 0.25) is 0 Å². The van der Waals surface area contributed by atoms with Gasteiger partial charge in [-0.3, -0.25) is 0 Å². The topological polar surface area (TPSA) is 38.1 Å². The van der Waals surface area contributed by atoms with E-state index >= 15 is 0 Å². The molecular formula is C15H22N2OS. The lowest BCUT2D eigenvalue weighted by atomic mass is 10.0. The number of hydrogen-bond donors (Lipinski definition) is 1. The molecule has 2 unspecified atom stereocenters. The van der Waals surface area contributed by atoms with E-state index in [0.717, 1.165) is 28.6 Å². The van der Waals surface area contributed by atoms with Crippen molar-refractivity contribution in [3.63, 3.8) is 0 Å². The molecule has 2 atom stereocenters. The molecule has 0 fully saturated rings. The maximum atomic E-state index is 5.73. The number of aromatic nitrogens is 1. The second kappa shape index (κ2) is 6.96. The summed E-state index contributed by atoms with van der Waals surface area (Å²) in [4.78, 5) is 4.50.